The molecule has 1 spiro atoms. The van der Waals surface area contributed by atoms with Gasteiger partial charge in [0.25, 0.3) is 6.43 Å². The van der Waals surface area contributed by atoms with Crippen molar-refractivity contribution < 1.29 is 21.9 Å². The Kier molecular flexibility index (Phi) is 4.61. The number of hydrogen-bond donors (Lipinski definition) is 1. The molecule has 0 amide bonds. The van der Waals surface area contributed by atoms with Gasteiger partial charge in [0, 0.05) is 30.2 Å². The van der Waals surface area contributed by atoms with E-state index in [0.29, 0.717) is 18.7 Å². The average molecular weight is 497 g/mol. The fourth-order valence-corrected chi connectivity index (χ4v) is 6.64. The van der Waals surface area contributed by atoms with Crippen molar-refractivity contribution in [2.45, 2.75) is 43.0 Å². The second-order valence-electron chi connectivity index (χ2n) is 9.47. The first kappa shape index (κ1) is 21.3. The number of pyridine rings is 1. The third-order valence-corrected chi connectivity index (χ3v) is 9.23. The van der Waals surface area contributed by atoms with Crippen LogP contribution in [0, 0.1) is 5.41 Å². The lowest BCUT2D eigenvalue weighted by atomic mass is 9.85. The van der Waals surface area contributed by atoms with E-state index in [1.165, 1.54) is 6.20 Å². The van der Waals surface area contributed by atoms with E-state index in [9.17, 15) is 17.2 Å². The minimum absolute atomic E-state index is 0.0971. The van der Waals surface area contributed by atoms with E-state index in [1.54, 1.807) is 16.7 Å². The highest BCUT2D eigenvalue weighted by atomic mass is 32.2. The molecule has 176 valence electrons. The average Bonchev–Trinajstić information content (AvgIpc) is 3.20. The molecule has 3 aromatic heterocycles. The Morgan fingerprint density at radius 2 is 2.03 bits per heavy atom. The summed E-state index contributed by atoms with van der Waals surface area (Å²) in [7, 11) is -3.81. The van der Waals surface area contributed by atoms with Crippen molar-refractivity contribution in [2.75, 3.05) is 31.2 Å². The number of halogens is 2. The molecule has 2 saturated heterocycles. The van der Waals surface area contributed by atoms with Gasteiger partial charge in [-0.25, -0.2) is 26.9 Å². The molecule has 0 unspecified atom stereocenters. The van der Waals surface area contributed by atoms with Crippen LogP contribution in [0.3, 0.4) is 0 Å². The van der Waals surface area contributed by atoms with Crippen LogP contribution in [0.2, 0.25) is 0 Å². The number of nitrogens with zero attached hydrogens (tertiary/aromatic N) is 5. The molecule has 1 aliphatic carbocycles. The normalized spacial score (nSPS) is 21.3. The van der Waals surface area contributed by atoms with Gasteiger partial charge in [-0.15, -0.1) is 10.2 Å². The molecule has 13 heteroatoms. The van der Waals surface area contributed by atoms with Crippen LogP contribution in [-0.2, 0) is 14.8 Å². The van der Waals surface area contributed by atoms with Gasteiger partial charge in [0.15, 0.2) is 15.8 Å². The summed E-state index contributed by atoms with van der Waals surface area (Å²) in [4.78, 5) is 6.67. The zero-order valence-corrected chi connectivity index (χ0v) is 19.4. The van der Waals surface area contributed by atoms with Crippen LogP contribution in [0.15, 0.2) is 23.4 Å². The van der Waals surface area contributed by atoms with Gasteiger partial charge in [0.1, 0.15) is 4.90 Å². The Labute approximate surface area is 192 Å². The first-order valence-corrected chi connectivity index (χ1v) is 13.0. The Balaban J connectivity index is 1.48. The van der Waals surface area contributed by atoms with Crippen LogP contribution >= 0.6 is 11.3 Å². The standard InChI is InChI=1S/C20H22F2N6O3S2/c1-19(2-3-19)26-33(29,30)12-6-13(27-5-4-20(9-27)10-31-11-20)14-7-23-16(28(14)8-12)18-25-24-17(32-18)15(21)22/h6-8,15,26H,2-5,9-11H2,1H3. The monoisotopic (exact) mass is 496 g/mol. The third-order valence-electron chi connectivity index (χ3n) is 6.70. The first-order valence-electron chi connectivity index (χ1n) is 10.7. The summed E-state index contributed by atoms with van der Waals surface area (Å²) in [5.41, 5.74) is 1.09. The van der Waals surface area contributed by atoms with Crippen LogP contribution < -0.4 is 9.62 Å². The van der Waals surface area contributed by atoms with Crippen LogP contribution in [0.4, 0.5) is 14.5 Å². The van der Waals surface area contributed by atoms with Crippen LogP contribution in [-0.4, -0.2) is 59.8 Å². The zero-order chi connectivity index (χ0) is 23.0. The van der Waals surface area contributed by atoms with Gasteiger partial charge in [-0.1, -0.05) is 11.3 Å². The lowest BCUT2D eigenvalue weighted by Gasteiger charge is -2.38. The van der Waals surface area contributed by atoms with Crippen molar-refractivity contribution in [3.8, 4) is 10.8 Å². The Morgan fingerprint density at radius 1 is 1.24 bits per heavy atom. The lowest BCUT2D eigenvalue weighted by Crippen LogP contribution is -2.44. The molecule has 0 bridgehead atoms. The van der Waals surface area contributed by atoms with E-state index in [0.717, 1.165) is 49.4 Å². The highest BCUT2D eigenvalue weighted by molar-refractivity contribution is 7.89. The summed E-state index contributed by atoms with van der Waals surface area (Å²) in [6.45, 7) is 4.79. The maximum absolute atomic E-state index is 13.2. The van der Waals surface area contributed by atoms with Gasteiger partial charge in [0.2, 0.25) is 10.0 Å². The van der Waals surface area contributed by atoms with Crippen LogP contribution in [0.1, 0.15) is 37.6 Å². The molecule has 3 aromatic rings. The van der Waals surface area contributed by atoms with Gasteiger partial charge in [-0.3, -0.25) is 4.40 Å². The van der Waals surface area contributed by atoms with E-state index in [4.69, 9.17) is 4.74 Å². The largest absolute Gasteiger partial charge is 0.380 e. The van der Waals surface area contributed by atoms with Crippen molar-refractivity contribution in [2.24, 2.45) is 5.41 Å². The lowest BCUT2D eigenvalue weighted by molar-refractivity contribution is -0.0985. The third kappa shape index (κ3) is 3.61. The van der Waals surface area contributed by atoms with Crippen LogP contribution in [0.25, 0.3) is 16.3 Å². The van der Waals surface area contributed by atoms with Gasteiger partial charge in [-0.05, 0) is 32.3 Å². The Morgan fingerprint density at radius 3 is 2.64 bits per heavy atom. The minimum atomic E-state index is -3.81. The van der Waals surface area contributed by atoms with E-state index in [1.807, 2.05) is 6.92 Å². The molecule has 2 aliphatic heterocycles. The van der Waals surface area contributed by atoms with Crippen molar-refractivity contribution in [3.05, 3.63) is 23.5 Å². The fraction of sp³-hybridized carbons (Fsp3) is 0.550. The summed E-state index contributed by atoms with van der Waals surface area (Å²) in [5.74, 6) is 0.284. The molecule has 5 heterocycles. The molecule has 0 radical (unpaired) electrons. The molecule has 0 aromatic carbocycles. The predicted octanol–water partition coefficient (Wildman–Crippen LogP) is 2.85. The van der Waals surface area contributed by atoms with Gasteiger partial charge >= 0.3 is 0 Å². The molecule has 3 aliphatic rings. The number of sulfonamides is 1. The highest BCUT2D eigenvalue weighted by Gasteiger charge is 2.45. The SMILES string of the molecule is CC1(NS(=O)(=O)c2cc(N3CCC4(COC4)C3)c3cnc(-c4nnc(C(F)F)s4)n3c2)CC1. The second kappa shape index (κ2) is 7.14. The van der Waals surface area contributed by atoms with Crippen molar-refractivity contribution >= 4 is 32.6 Å². The number of nitrogens with one attached hydrogen (secondary N) is 1. The summed E-state index contributed by atoms with van der Waals surface area (Å²) in [6.07, 6.45) is 2.91. The number of alkyl halides is 2. The quantitative estimate of drug-likeness (QED) is 0.560. The molecule has 9 nitrogen and oxygen atoms in total. The summed E-state index contributed by atoms with van der Waals surface area (Å²) in [5, 5.41) is 7.23. The highest BCUT2D eigenvalue weighted by Crippen LogP contribution is 2.42. The zero-order valence-electron chi connectivity index (χ0n) is 17.8. The van der Waals surface area contributed by atoms with E-state index < -0.39 is 27.0 Å². The second-order valence-corrected chi connectivity index (χ2v) is 12.2. The molecule has 0 atom stereocenters. The van der Waals surface area contributed by atoms with E-state index >= 15 is 0 Å². The number of imidazole rings is 1. The molecule has 3 fully saturated rings. The van der Waals surface area contributed by atoms with Gasteiger partial charge < -0.3 is 9.64 Å². The topological polar surface area (TPSA) is 102 Å². The molecular weight excluding hydrogens is 474 g/mol. The smallest absolute Gasteiger partial charge is 0.291 e. The van der Waals surface area contributed by atoms with Crippen LogP contribution in [0.5, 0.6) is 0 Å². The minimum Gasteiger partial charge on any atom is -0.380 e. The number of aromatic nitrogens is 4. The van der Waals surface area contributed by atoms with E-state index in [2.05, 4.69) is 24.8 Å². The fourth-order valence-electron chi connectivity index (χ4n) is 4.47. The maximum Gasteiger partial charge on any atom is 0.291 e. The van der Waals surface area contributed by atoms with Gasteiger partial charge in [0.05, 0.1) is 30.6 Å². The number of fused-ring (bicyclic) bond motifs is 1. The molecule has 33 heavy (non-hydrogen) atoms. The molecular formula is C20H22F2N6O3S2. The summed E-state index contributed by atoms with van der Waals surface area (Å²) in [6, 6.07) is 1.68. The van der Waals surface area contributed by atoms with E-state index in [-0.39, 0.29) is 21.1 Å². The van der Waals surface area contributed by atoms with Crippen molar-refractivity contribution in [1.82, 2.24) is 24.3 Å². The summed E-state index contributed by atoms with van der Waals surface area (Å²) >= 11 is 0.747. The molecule has 1 N–H and O–H groups in total. The molecule has 6 rings (SSSR count). The summed E-state index contributed by atoms with van der Waals surface area (Å²) < 4.78 is 62.5. The Hall–Kier alpha value is -2.22. The first-order chi connectivity index (χ1) is 15.7. The predicted molar refractivity (Wildman–Crippen MR) is 117 cm³/mol. The maximum atomic E-state index is 13.2. The van der Waals surface area contributed by atoms with Crippen molar-refractivity contribution in [1.29, 1.82) is 0 Å². The number of anilines is 1. The van der Waals surface area contributed by atoms with Gasteiger partial charge in [-0.2, -0.15) is 0 Å². The molecule has 1 saturated carbocycles. The number of rotatable bonds is 6. The Bertz CT molecular complexity index is 1350. The number of ether oxygens (including phenoxy) is 1. The number of hydrogen-bond acceptors (Lipinski definition) is 8. The van der Waals surface area contributed by atoms with Crippen molar-refractivity contribution in [3.63, 3.8) is 0 Å².